The van der Waals surface area contributed by atoms with E-state index in [0.29, 0.717) is 11.6 Å². The number of hydrogen-bond acceptors (Lipinski definition) is 6. The number of carbonyl (C=O) groups is 1. The number of rotatable bonds is 5. The van der Waals surface area contributed by atoms with E-state index in [1.54, 1.807) is 6.20 Å². The van der Waals surface area contributed by atoms with Gasteiger partial charge in [-0.3, -0.25) is 0 Å². The van der Waals surface area contributed by atoms with Crippen LogP contribution in [0.1, 0.15) is 56.9 Å². The average molecular weight is 341 g/mol. The Kier molecular flexibility index (Phi) is 7.68. The van der Waals surface area contributed by atoms with E-state index in [2.05, 4.69) is 23.8 Å². The van der Waals surface area contributed by atoms with Gasteiger partial charge in [0.25, 0.3) is 0 Å². The summed E-state index contributed by atoms with van der Waals surface area (Å²) >= 11 is 3.06. The van der Waals surface area contributed by atoms with Crippen molar-refractivity contribution in [1.82, 2.24) is 9.97 Å². The van der Waals surface area contributed by atoms with Crippen molar-refractivity contribution in [1.29, 1.82) is 0 Å². The fourth-order valence-electron chi connectivity index (χ4n) is 1.71. The number of carbonyl (C=O) groups excluding carboxylic acids is 1. The molecule has 0 unspecified atom stereocenters. The Hall–Kier alpha value is -1.27. The Labute approximate surface area is 140 Å². The lowest BCUT2D eigenvalue weighted by Gasteiger charge is -2.08. The molecule has 0 N–H and O–H groups in total. The summed E-state index contributed by atoms with van der Waals surface area (Å²) < 4.78 is 5.28. The van der Waals surface area contributed by atoms with Gasteiger partial charge in [0.2, 0.25) is 0 Å². The molecule has 0 amide bonds. The van der Waals surface area contributed by atoms with E-state index in [4.69, 9.17) is 4.74 Å². The summed E-state index contributed by atoms with van der Waals surface area (Å²) in [5.74, 6) is 0.125. The standard InChI is InChI=1S/C14H18N2O2S2.C2H6/c1-8(2)7-10-11(14(17)18-9(3)4)16-13(20-10)12-15-5-6-19-12;1-2/h5-6,8-9H,7H2,1-4H3;1-2H3. The van der Waals surface area contributed by atoms with Gasteiger partial charge < -0.3 is 4.74 Å². The molecule has 0 spiro atoms. The van der Waals surface area contributed by atoms with E-state index in [0.717, 1.165) is 21.3 Å². The van der Waals surface area contributed by atoms with Gasteiger partial charge in [-0.2, -0.15) is 0 Å². The highest BCUT2D eigenvalue weighted by Crippen LogP contribution is 2.31. The number of esters is 1. The minimum Gasteiger partial charge on any atom is -0.458 e. The summed E-state index contributed by atoms with van der Waals surface area (Å²) in [5, 5.41) is 3.56. The van der Waals surface area contributed by atoms with Crippen LogP contribution < -0.4 is 0 Å². The Morgan fingerprint density at radius 1 is 1.23 bits per heavy atom. The van der Waals surface area contributed by atoms with Crippen molar-refractivity contribution in [3.8, 4) is 10.0 Å². The molecule has 122 valence electrons. The summed E-state index contributed by atoms with van der Waals surface area (Å²) in [7, 11) is 0. The first-order valence-corrected chi connectivity index (χ1v) is 9.27. The van der Waals surface area contributed by atoms with E-state index >= 15 is 0 Å². The van der Waals surface area contributed by atoms with Crippen LogP contribution in [-0.4, -0.2) is 22.0 Å². The highest BCUT2D eigenvalue weighted by molar-refractivity contribution is 7.20. The molecule has 22 heavy (non-hydrogen) atoms. The second-order valence-electron chi connectivity index (χ2n) is 5.18. The van der Waals surface area contributed by atoms with Crippen LogP contribution in [0, 0.1) is 5.92 Å². The Morgan fingerprint density at radius 2 is 1.91 bits per heavy atom. The fourth-order valence-corrected chi connectivity index (χ4v) is 3.65. The topological polar surface area (TPSA) is 52.1 Å². The molecule has 2 heterocycles. The van der Waals surface area contributed by atoms with Crippen molar-refractivity contribution in [2.45, 2.75) is 54.1 Å². The van der Waals surface area contributed by atoms with Gasteiger partial charge >= 0.3 is 5.97 Å². The SMILES string of the molecule is CC.CC(C)Cc1sc(-c2nccs2)nc1C(=O)OC(C)C. The number of aromatic nitrogens is 2. The first-order valence-electron chi connectivity index (χ1n) is 7.58. The highest BCUT2D eigenvalue weighted by atomic mass is 32.1. The third-order valence-corrected chi connectivity index (χ3v) is 4.44. The number of nitrogens with zero attached hydrogens (tertiary/aromatic N) is 2. The zero-order valence-electron chi connectivity index (χ0n) is 14.0. The first kappa shape index (κ1) is 18.8. The maximum atomic E-state index is 12.1. The van der Waals surface area contributed by atoms with Crippen LogP contribution in [0.4, 0.5) is 0 Å². The molecule has 0 aliphatic rings. The fraction of sp³-hybridized carbons (Fsp3) is 0.562. The van der Waals surface area contributed by atoms with E-state index < -0.39 is 0 Å². The van der Waals surface area contributed by atoms with Crippen LogP contribution in [0.5, 0.6) is 0 Å². The van der Waals surface area contributed by atoms with Crippen molar-refractivity contribution in [3.63, 3.8) is 0 Å². The average Bonchev–Trinajstić information content (AvgIpc) is 3.08. The second-order valence-corrected chi connectivity index (χ2v) is 7.16. The van der Waals surface area contributed by atoms with E-state index in [1.165, 1.54) is 22.7 Å². The van der Waals surface area contributed by atoms with Crippen molar-refractivity contribution in [2.24, 2.45) is 5.92 Å². The predicted molar refractivity (Wildman–Crippen MR) is 93.7 cm³/mol. The van der Waals surface area contributed by atoms with E-state index in [9.17, 15) is 4.79 Å². The maximum absolute atomic E-state index is 12.1. The molecule has 0 saturated carbocycles. The number of thiazole rings is 2. The van der Waals surface area contributed by atoms with Crippen molar-refractivity contribution >= 4 is 28.6 Å². The van der Waals surface area contributed by atoms with Crippen LogP contribution in [0.3, 0.4) is 0 Å². The monoisotopic (exact) mass is 340 g/mol. The van der Waals surface area contributed by atoms with Gasteiger partial charge in [0.1, 0.15) is 0 Å². The lowest BCUT2D eigenvalue weighted by Crippen LogP contribution is -2.14. The molecule has 0 radical (unpaired) electrons. The normalized spacial score (nSPS) is 10.5. The zero-order chi connectivity index (χ0) is 16.7. The lowest BCUT2D eigenvalue weighted by atomic mass is 10.1. The van der Waals surface area contributed by atoms with Gasteiger partial charge in [-0.25, -0.2) is 14.8 Å². The molecule has 4 nitrogen and oxygen atoms in total. The van der Waals surface area contributed by atoms with Gasteiger partial charge in [0.15, 0.2) is 15.7 Å². The quantitative estimate of drug-likeness (QED) is 0.714. The summed E-state index contributed by atoms with van der Waals surface area (Å²) in [4.78, 5) is 21.8. The molecule has 0 fully saturated rings. The second kappa shape index (κ2) is 9.00. The molecule has 0 aliphatic heterocycles. The molecular formula is C16H24N2O2S2. The molecule has 2 rings (SSSR count). The van der Waals surface area contributed by atoms with Crippen molar-refractivity contribution in [2.75, 3.05) is 0 Å². The lowest BCUT2D eigenvalue weighted by molar-refractivity contribution is 0.0370. The summed E-state index contributed by atoms with van der Waals surface area (Å²) in [6.45, 7) is 11.9. The number of ether oxygens (including phenoxy) is 1. The summed E-state index contributed by atoms with van der Waals surface area (Å²) in [6.07, 6.45) is 2.43. The van der Waals surface area contributed by atoms with Crippen LogP contribution in [0.2, 0.25) is 0 Å². The van der Waals surface area contributed by atoms with E-state index in [1.807, 2.05) is 33.1 Å². The Bertz CT molecular complexity index is 575. The minimum absolute atomic E-state index is 0.139. The molecule has 0 aliphatic carbocycles. The molecule has 0 aromatic carbocycles. The van der Waals surface area contributed by atoms with Gasteiger partial charge in [0.05, 0.1) is 6.10 Å². The molecule has 2 aromatic heterocycles. The minimum atomic E-state index is -0.338. The summed E-state index contributed by atoms with van der Waals surface area (Å²) in [6, 6.07) is 0. The molecular weight excluding hydrogens is 316 g/mol. The van der Waals surface area contributed by atoms with Gasteiger partial charge in [0, 0.05) is 16.5 Å². The van der Waals surface area contributed by atoms with Gasteiger partial charge in [-0.05, 0) is 26.2 Å². The highest BCUT2D eigenvalue weighted by Gasteiger charge is 2.22. The van der Waals surface area contributed by atoms with Gasteiger partial charge in [-0.15, -0.1) is 22.7 Å². The first-order chi connectivity index (χ1) is 10.5. The Balaban J connectivity index is 0.00000116. The molecule has 0 atom stereocenters. The molecule has 0 bridgehead atoms. The van der Waals surface area contributed by atoms with Crippen LogP contribution >= 0.6 is 22.7 Å². The molecule has 2 aromatic rings. The largest absolute Gasteiger partial charge is 0.458 e. The third-order valence-electron chi connectivity index (χ3n) is 2.44. The number of hydrogen-bond donors (Lipinski definition) is 0. The summed E-state index contributed by atoms with van der Waals surface area (Å²) in [5.41, 5.74) is 0.447. The van der Waals surface area contributed by atoms with Crippen LogP contribution in [0.15, 0.2) is 11.6 Å². The van der Waals surface area contributed by atoms with Crippen LogP contribution in [-0.2, 0) is 11.2 Å². The molecule has 0 saturated heterocycles. The molecule has 6 heteroatoms. The maximum Gasteiger partial charge on any atom is 0.358 e. The van der Waals surface area contributed by atoms with Crippen LogP contribution in [0.25, 0.3) is 10.0 Å². The van der Waals surface area contributed by atoms with E-state index in [-0.39, 0.29) is 12.1 Å². The zero-order valence-corrected chi connectivity index (χ0v) is 15.7. The Morgan fingerprint density at radius 3 is 2.41 bits per heavy atom. The van der Waals surface area contributed by atoms with Crippen molar-refractivity contribution in [3.05, 3.63) is 22.1 Å². The smallest absolute Gasteiger partial charge is 0.358 e. The van der Waals surface area contributed by atoms with Gasteiger partial charge in [-0.1, -0.05) is 27.7 Å². The third kappa shape index (κ3) is 5.18. The predicted octanol–water partition coefficient (Wildman–Crippen LogP) is 5.06. The van der Waals surface area contributed by atoms with Crippen molar-refractivity contribution < 1.29 is 9.53 Å².